The molecule has 5 heteroatoms. The number of piperidine rings is 1. The molecular weight excluding hydrogens is 244 g/mol. The SMILES string of the molecule is CC(=O)NCC1CCN(c2ccc(C(C)=O)o2)CC1. The number of Topliss-reactive ketones (excluding diaryl/α,β-unsaturated/α-hetero) is 1. The number of carbonyl (C=O) groups excluding carboxylic acids is 2. The van der Waals surface area contributed by atoms with E-state index in [0.717, 1.165) is 38.4 Å². The summed E-state index contributed by atoms with van der Waals surface area (Å²) in [5.41, 5.74) is 0. The number of carbonyl (C=O) groups is 2. The Morgan fingerprint density at radius 2 is 2.00 bits per heavy atom. The quantitative estimate of drug-likeness (QED) is 0.843. The van der Waals surface area contributed by atoms with Gasteiger partial charge in [0.1, 0.15) is 0 Å². The Morgan fingerprint density at radius 1 is 1.32 bits per heavy atom. The topological polar surface area (TPSA) is 62.6 Å². The van der Waals surface area contributed by atoms with Crippen LogP contribution in [-0.4, -0.2) is 31.3 Å². The molecule has 19 heavy (non-hydrogen) atoms. The summed E-state index contributed by atoms with van der Waals surface area (Å²) in [4.78, 5) is 24.2. The minimum Gasteiger partial charge on any atom is -0.437 e. The summed E-state index contributed by atoms with van der Waals surface area (Å²) in [6, 6.07) is 3.58. The summed E-state index contributed by atoms with van der Waals surface area (Å²) in [5.74, 6) is 1.69. The Morgan fingerprint density at radius 3 is 2.53 bits per heavy atom. The molecule has 1 aromatic heterocycles. The van der Waals surface area contributed by atoms with Crippen molar-refractivity contribution < 1.29 is 14.0 Å². The summed E-state index contributed by atoms with van der Waals surface area (Å²) in [6.45, 7) is 5.59. The number of furan rings is 1. The number of nitrogens with one attached hydrogen (secondary N) is 1. The Hall–Kier alpha value is -1.78. The highest BCUT2D eigenvalue weighted by Gasteiger charge is 2.21. The highest BCUT2D eigenvalue weighted by atomic mass is 16.4. The van der Waals surface area contributed by atoms with Gasteiger partial charge in [0.15, 0.2) is 17.4 Å². The van der Waals surface area contributed by atoms with Crippen molar-refractivity contribution in [3.05, 3.63) is 17.9 Å². The van der Waals surface area contributed by atoms with Gasteiger partial charge in [0.2, 0.25) is 5.91 Å². The predicted octanol–water partition coefficient (Wildman–Crippen LogP) is 1.83. The van der Waals surface area contributed by atoms with Crippen LogP contribution in [0.5, 0.6) is 0 Å². The van der Waals surface area contributed by atoms with Crippen molar-refractivity contribution in [1.82, 2.24) is 5.32 Å². The molecule has 0 unspecified atom stereocenters. The molecule has 0 radical (unpaired) electrons. The third-order valence-corrected chi connectivity index (χ3v) is 3.50. The van der Waals surface area contributed by atoms with E-state index in [-0.39, 0.29) is 11.7 Å². The van der Waals surface area contributed by atoms with E-state index < -0.39 is 0 Å². The van der Waals surface area contributed by atoms with Crippen LogP contribution in [0, 0.1) is 5.92 Å². The average Bonchev–Trinajstić information content (AvgIpc) is 2.86. The molecule has 1 fully saturated rings. The molecule has 0 aliphatic carbocycles. The molecule has 2 rings (SSSR count). The van der Waals surface area contributed by atoms with Crippen LogP contribution in [0.4, 0.5) is 5.88 Å². The van der Waals surface area contributed by atoms with Crippen molar-refractivity contribution in [1.29, 1.82) is 0 Å². The molecule has 0 aromatic carbocycles. The lowest BCUT2D eigenvalue weighted by Gasteiger charge is -2.31. The van der Waals surface area contributed by atoms with Crippen molar-refractivity contribution in [3.8, 4) is 0 Å². The first-order chi connectivity index (χ1) is 9.06. The van der Waals surface area contributed by atoms with Gasteiger partial charge in [-0.1, -0.05) is 0 Å². The van der Waals surface area contributed by atoms with Crippen LogP contribution >= 0.6 is 0 Å². The van der Waals surface area contributed by atoms with Crippen LogP contribution in [0.1, 0.15) is 37.2 Å². The summed E-state index contributed by atoms with van der Waals surface area (Å²) >= 11 is 0. The molecule has 0 spiro atoms. The molecule has 1 saturated heterocycles. The molecule has 0 bridgehead atoms. The van der Waals surface area contributed by atoms with Gasteiger partial charge in [0.05, 0.1) is 0 Å². The van der Waals surface area contributed by atoms with Crippen LogP contribution in [0.25, 0.3) is 0 Å². The van der Waals surface area contributed by atoms with Crippen LogP contribution in [0.15, 0.2) is 16.5 Å². The fraction of sp³-hybridized carbons (Fsp3) is 0.571. The third-order valence-electron chi connectivity index (χ3n) is 3.50. The molecule has 1 amide bonds. The monoisotopic (exact) mass is 264 g/mol. The van der Waals surface area contributed by atoms with E-state index in [4.69, 9.17) is 4.42 Å². The summed E-state index contributed by atoms with van der Waals surface area (Å²) in [6.07, 6.45) is 2.05. The lowest BCUT2D eigenvalue weighted by atomic mass is 9.97. The molecule has 1 aliphatic rings. The Bertz CT molecular complexity index is 459. The van der Waals surface area contributed by atoms with Gasteiger partial charge < -0.3 is 14.6 Å². The van der Waals surface area contributed by atoms with E-state index in [9.17, 15) is 9.59 Å². The normalized spacial score (nSPS) is 16.4. The van der Waals surface area contributed by atoms with Crippen molar-refractivity contribution in [3.63, 3.8) is 0 Å². The van der Waals surface area contributed by atoms with Crippen LogP contribution in [0.2, 0.25) is 0 Å². The van der Waals surface area contributed by atoms with Gasteiger partial charge in [-0.2, -0.15) is 0 Å². The summed E-state index contributed by atoms with van der Waals surface area (Å²) in [7, 11) is 0. The van der Waals surface area contributed by atoms with E-state index in [2.05, 4.69) is 10.2 Å². The zero-order valence-electron chi connectivity index (χ0n) is 11.4. The van der Waals surface area contributed by atoms with Crippen LogP contribution < -0.4 is 10.2 Å². The highest BCUT2D eigenvalue weighted by molar-refractivity contribution is 5.91. The van der Waals surface area contributed by atoms with Gasteiger partial charge in [-0.25, -0.2) is 0 Å². The van der Waals surface area contributed by atoms with Crippen LogP contribution in [-0.2, 0) is 4.79 Å². The van der Waals surface area contributed by atoms with Gasteiger partial charge in [-0.3, -0.25) is 9.59 Å². The summed E-state index contributed by atoms with van der Waals surface area (Å²) in [5, 5.41) is 2.86. The smallest absolute Gasteiger partial charge is 0.216 e. The zero-order chi connectivity index (χ0) is 13.8. The molecular formula is C14H20N2O3. The Kier molecular flexibility index (Phi) is 4.24. The lowest BCUT2D eigenvalue weighted by Crippen LogP contribution is -2.38. The number of rotatable bonds is 4. The fourth-order valence-electron chi connectivity index (χ4n) is 2.33. The second-order valence-electron chi connectivity index (χ2n) is 5.06. The molecule has 5 nitrogen and oxygen atoms in total. The zero-order valence-corrected chi connectivity index (χ0v) is 11.4. The number of nitrogens with zero attached hydrogens (tertiary/aromatic N) is 1. The van der Waals surface area contributed by atoms with Gasteiger partial charge in [0.25, 0.3) is 0 Å². The molecule has 0 saturated carbocycles. The maximum atomic E-state index is 11.2. The van der Waals surface area contributed by atoms with Crippen molar-refractivity contribution >= 4 is 17.6 Å². The molecule has 1 N–H and O–H groups in total. The Labute approximate surface area is 113 Å². The van der Waals surface area contributed by atoms with E-state index in [1.807, 2.05) is 6.07 Å². The largest absolute Gasteiger partial charge is 0.437 e. The Balaban J connectivity index is 1.85. The van der Waals surface area contributed by atoms with E-state index in [0.29, 0.717) is 11.7 Å². The first kappa shape index (κ1) is 13.6. The fourth-order valence-corrected chi connectivity index (χ4v) is 2.33. The molecule has 1 aliphatic heterocycles. The molecule has 0 atom stereocenters. The molecule has 2 heterocycles. The first-order valence-electron chi connectivity index (χ1n) is 6.66. The number of anilines is 1. The van der Waals surface area contributed by atoms with E-state index in [1.54, 1.807) is 13.0 Å². The van der Waals surface area contributed by atoms with E-state index in [1.165, 1.54) is 6.92 Å². The van der Waals surface area contributed by atoms with Gasteiger partial charge in [-0.15, -0.1) is 0 Å². The van der Waals surface area contributed by atoms with Crippen molar-refractivity contribution in [2.45, 2.75) is 26.7 Å². The molecule has 104 valence electrons. The number of ketones is 1. The molecule has 1 aromatic rings. The predicted molar refractivity (Wildman–Crippen MR) is 72.3 cm³/mol. The maximum Gasteiger partial charge on any atom is 0.216 e. The summed E-state index contributed by atoms with van der Waals surface area (Å²) < 4.78 is 5.52. The highest BCUT2D eigenvalue weighted by Crippen LogP contribution is 2.25. The number of amides is 1. The van der Waals surface area contributed by atoms with Gasteiger partial charge in [-0.05, 0) is 24.8 Å². The van der Waals surface area contributed by atoms with Crippen molar-refractivity contribution in [2.75, 3.05) is 24.5 Å². The van der Waals surface area contributed by atoms with Gasteiger partial charge >= 0.3 is 0 Å². The van der Waals surface area contributed by atoms with E-state index >= 15 is 0 Å². The second-order valence-corrected chi connectivity index (χ2v) is 5.06. The third kappa shape index (κ3) is 3.59. The minimum atomic E-state index is -0.0493. The second kappa shape index (κ2) is 5.91. The number of hydrogen-bond donors (Lipinski definition) is 1. The minimum absolute atomic E-state index is 0.0274. The maximum absolute atomic E-state index is 11.2. The average molecular weight is 264 g/mol. The number of hydrogen-bond acceptors (Lipinski definition) is 4. The van der Waals surface area contributed by atoms with Gasteiger partial charge in [0, 0.05) is 39.5 Å². The first-order valence-corrected chi connectivity index (χ1v) is 6.66. The standard InChI is InChI=1S/C14H20N2O3/c1-10(17)13-3-4-14(19-13)16-7-5-12(6-8-16)9-15-11(2)18/h3-4,12H,5-9H2,1-2H3,(H,15,18). The van der Waals surface area contributed by atoms with Crippen LogP contribution in [0.3, 0.4) is 0 Å². The lowest BCUT2D eigenvalue weighted by molar-refractivity contribution is -0.119. The van der Waals surface area contributed by atoms with Crippen molar-refractivity contribution in [2.24, 2.45) is 5.92 Å².